The average Bonchev–Trinajstić information content (AvgIpc) is 3.18. The van der Waals surface area contributed by atoms with Crippen molar-refractivity contribution >= 4 is 22.3 Å². The first kappa shape index (κ1) is 20.6. The second-order valence-electron chi connectivity index (χ2n) is 6.78. The molecule has 0 saturated heterocycles. The molecule has 0 aliphatic rings. The number of imidazole rings is 2. The van der Waals surface area contributed by atoms with Crippen molar-refractivity contribution in [1.82, 2.24) is 37.4 Å². The van der Waals surface area contributed by atoms with Gasteiger partial charge in [-0.3, -0.25) is 47.0 Å². The first-order chi connectivity index (χ1) is 13.9. The summed E-state index contributed by atoms with van der Waals surface area (Å²) in [6.45, 7) is 0. The zero-order chi connectivity index (χ0) is 22.7. The zero-order valence-electron chi connectivity index (χ0n) is 17.1. The summed E-state index contributed by atoms with van der Waals surface area (Å²) in [6, 6.07) is 0. The standard InChI is InChI=1S/2C8H10N4O3/c2*1-10-4-5(9-7(10)14)11(2)8(15)12(3)6(4)13/h2*1-3H3,(H,9,14). The van der Waals surface area contributed by atoms with Crippen molar-refractivity contribution in [2.45, 2.75) is 0 Å². The molecule has 4 aromatic heterocycles. The third kappa shape index (κ3) is 2.72. The summed E-state index contributed by atoms with van der Waals surface area (Å²) in [4.78, 5) is 74.0. The minimum atomic E-state index is -0.478. The summed E-state index contributed by atoms with van der Waals surface area (Å²) < 4.78 is 6.79. The van der Waals surface area contributed by atoms with Gasteiger partial charge in [-0.05, 0) is 0 Å². The maximum atomic E-state index is 11.7. The third-order valence-electron chi connectivity index (χ3n) is 5.01. The lowest BCUT2D eigenvalue weighted by atomic mass is 10.5. The maximum absolute atomic E-state index is 11.7. The Kier molecular flexibility index (Phi) is 4.64. The van der Waals surface area contributed by atoms with Gasteiger partial charge in [-0.2, -0.15) is 0 Å². The number of hydrogen-bond donors (Lipinski definition) is 2. The molecule has 0 fully saturated rings. The number of hydrogen-bond acceptors (Lipinski definition) is 6. The van der Waals surface area contributed by atoms with Gasteiger partial charge in [-0.15, -0.1) is 0 Å². The molecule has 0 radical (unpaired) electrons. The Hall–Kier alpha value is -4.10. The molecule has 30 heavy (non-hydrogen) atoms. The van der Waals surface area contributed by atoms with Crippen LogP contribution in [0.3, 0.4) is 0 Å². The molecule has 0 unspecified atom stereocenters. The molecule has 14 heteroatoms. The van der Waals surface area contributed by atoms with Crippen LogP contribution in [-0.2, 0) is 42.3 Å². The number of aryl methyl sites for hydroxylation is 4. The van der Waals surface area contributed by atoms with Crippen LogP contribution in [0.5, 0.6) is 0 Å². The highest BCUT2D eigenvalue weighted by Crippen LogP contribution is 1.99. The van der Waals surface area contributed by atoms with Crippen LogP contribution in [0, 0.1) is 0 Å². The van der Waals surface area contributed by atoms with Crippen molar-refractivity contribution in [3.63, 3.8) is 0 Å². The first-order valence-corrected chi connectivity index (χ1v) is 8.59. The molecule has 4 rings (SSSR count). The van der Waals surface area contributed by atoms with E-state index < -0.39 is 33.9 Å². The van der Waals surface area contributed by atoms with Gasteiger partial charge in [0.15, 0.2) is 11.0 Å². The molecule has 4 aromatic rings. The Labute approximate surface area is 165 Å². The first-order valence-electron chi connectivity index (χ1n) is 8.59. The van der Waals surface area contributed by atoms with Gasteiger partial charge in [0.1, 0.15) is 11.3 Å². The number of rotatable bonds is 0. The number of fused-ring (bicyclic) bond motifs is 2. The summed E-state index contributed by atoms with van der Waals surface area (Å²) in [5.41, 5.74) is -1.82. The fraction of sp³-hybridized carbons (Fsp3) is 0.375. The minimum absolute atomic E-state index is 0.199. The monoisotopic (exact) mass is 420 g/mol. The SMILES string of the molecule is Cn1c(=O)c2c([nH]c(=O)n2C)n(C)c1=O.Cn1c(=O)c2c([nH]c(=O)n2C)n(C)c1=O. The molecule has 160 valence electrons. The smallest absolute Gasteiger partial charge is 0.291 e. The van der Waals surface area contributed by atoms with Crippen LogP contribution in [-0.4, -0.2) is 37.4 Å². The Morgan fingerprint density at radius 2 is 0.767 bits per heavy atom. The maximum Gasteiger partial charge on any atom is 0.332 e. The molecule has 0 bridgehead atoms. The molecule has 0 aliphatic carbocycles. The van der Waals surface area contributed by atoms with Crippen LogP contribution in [0.4, 0.5) is 0 Å². The molecule has 0 atom stereocenters. The highest BCUT2D eigenvalue weighted by molar-refractivity contribution is 5.70. The third-order valence-corrected chi connectivity index (χ3v) is 5.01. The normalized spacial score (nSPS) is 11.1. The summed E-state index contributed by atoms with van der Waals surface area (Å²) in [6.07, 6.45) is 0. The molecular formula is C16H20N8O6. The molecule has 0 amide bonds. The van der Waals surface area contributed by atoms with Crippen LogP contribution in [0.2, 0.25) is 0 Å². The van der Waals surface area contributed by atoms with E-state index >= 15 is 0 Å². The largest absolute Gasteiger partial charge is 0.332 e. The summed E-state index contributed by atoms with van der Waals surface area (Å²) in [5.74, 6) is 0. The summed E-state index contributed by atoms with van der Waals surface area (Å²) in [5, 5.41) is 0. The van der Waals surface area contributed by atoms with Crippen LogP contribution < -0.4 is 33.9 Å². The van der Waals surface area contributed by atoms with Gasteiger partial charge in [0.25, 0.3) is 11.1 Å². The fourth-order valence-corrected chi connectivity index (χ4v) is 3.12. The molecular weight excluding hydrogens is 400 g/mol. The molecule has 0 saturated carbocycles. The van der Waals surface area contributed by atoms with E-state index in [1.54, 1.807) is 0 Å². The number of aromatic nitrogens is 8. The van der Waals surface area contributed by atoms with E-state index in [9.17, 15) is 28.8 Å². The predicted octanol–water partition coefficient (Wildman–Crippen LogP) is -3.47. The minimum Gasteiger partial charge on any atom is -0.291 e. The van der Waals surface area contributed by atoms with E-state index in [1.165, 1.54) is 60.6 Å². The Morgan fingerprint density at radius 3 is 1.07 bits per heavy atom. The number of aromatic amines is 2. The lowest BCUT2D eigenvalue weighted by Crippen LogP contribution is -2.37. The quantitative estimate of drug-likeness (QED) is 0.300. The topological polar surface area (TPSA) is 164 Å². The van der Waals surface area contributed by atoms with Gasteiger partial charge < -0.3 is 0 Å². The van der Waals surface area contributed by atoms with Gasteiger partial charge in [0.05, 0.1) is 0 Å². The summed E-state index contributed by atoms with van der Waals surface area (Å²) in [7, 11) is 8.71. The Bertz CT molecular complexity index is 1550. The highest BCUT2D eigenvalue weighted by atomic mass is 16.2. The van der Waals surface area contributed by atoms with Crippen molar-refractivity contribution in [2.75, 3.05) is 0 Å². The van der Waals surface area contributed by atoms with E-state index in [-0.39, 0.29) is 22.3 Å². The number of nitrogens with zero attached hydrogens (tertiary/aromatic N) is 6. The van der Waals surface area contributed by atoms with Crippen LogP contribution in [0.1, 0.15) is 0 Å². The molecule has 14 nitrogen and oxygen atoms in total. The molecule has 0 aliphatic heterocycles. The number of H-pyrrole nitrogens is 2. The fourth-order valence-electron chi connectivity index (χ4n) is 3.12. The van der Waals surface area contributed by atoms with Crippen LogP contribution >= 0.6 is 0 Å². The van der Waals surface area contributed by atoms with E-state index in [0.29, 0.717) is 0 Å². The van der Waals surface area contributed by atoms with E-state index in [2.05, 4.69) is 9.97 Å². The van der Waals surface area contributed by atoms with E-state index in [0.717, 1.165) is 9.13 Å². The second-order valence-corrected chi connectivity index (χ2v) is 6.78. The lowest BCUT2D eigenvalue weighted by molar-refractivity contribution is 0.705. The average molecular weight is 420 g/mol. The second kappa shape index (κ2) is 6.75. The highest BCUT2D eigenvalue weighted by Gasteiger charge is 2.14. The van der Waals surface area contributed by atoms with Crippen molar-refractivity contribution < 1.29 is 0 Å². The lowest BCUT2D eigenvalue weighted by Gasteiger charge is -2.02. The summed E-state index contributed by atoms with van der Waals surface area (Å²) >= 11 is 0. The van der Waals surface area contributed by atoms with Gasteiger partial charge in [0.2, 0.25) is 0 Å². The zero-order valence-corrected chi connectivity index (χ0v) is 17.1. The van der Waals surface area contributed by atoms with Crippen molar-refractivity contribution in [3.05, 3.63) is 62.6 Å². The van der Waals surface area contributed by atoms with Crippen molar-refractivity contribution in [3.8, 4) is 0 Å². The van der Waals surface area contributed by atoms with Crippen molar-refractivity contribution in [1.29, 1.82) is 0 Å². The van der Waals surface area contributed by atoms with Gasteiger partial charge in [-0.1, -0.05) is 0 Å². The van der Waals surface area contributed by atoms with Gasteiger partial charge in [-0.25, -0.2) is 19.2 Å². The van der Waals surface area contributed by atoms with Crippen molar-refractivity contribution in [2.24, 2.45) is 42.3 Å². The number of nitrogens with one attached hydrogen (secondary N) is 2. The van der Waals surface area contributed by atoms with Crippen LogP contribution in [0.15, 0.2) is 28.8 Å². The molecule has 4 heterocycles. The van der Waals surface area contributed by atoms with Gasteiger partial charge in [0, 0.05) is 42.3 Å². The van der Waals surface area contributed by atoms with E-state index in [4.69, 9.17) is 0 Å². The molecule has 0 spiro atoms. The van der Waals surface area contributed by atoms with E-state index in [1.807, 2.05) is 0 Å². The Balaban J connectivity index is 0.000000171. The predicted molar refractivity (Wildman–Crippen MR) is 108 cm³/mol. The van der Waals surface area contributed by atoms with Crippen LogP contribution in [0.25, 0.3) is 22.3 Å². The molecule has 2 N–H and O–H groups in total. The van der Waals surface area contributed by atoms with Gasteiger partial charge >= 0.3 is 22.8 Å². The Morgan fingerprint density at radius 1 is 0.467 bits per heavy atom. The molecule has 0 aromatic carbocycles.